The molecule has 0 unspecified atom stereocenters. The molecular formula is C17H14BrF5N2O2. The molecule has 0 aliphatic carbocycles. The van der Waals surface area contributed by atoms with Crippen LogP contribution in [0.2, 0.25) is 0 Å². The maximum Gasteiger partial charge on any atom is 0.414 e. The van der Waals surface area contributed by atoms with Crippen LogP contribution in [0, 0.1) is 11.6 Å². The summed E-state index contributed by atoms with van der Waals surface area (Å²) in [5.41, 5.74) is -0.533. The highest BCUT2D eigenvalue weighted by atomic mass is 79.9. The first-order valence-corrected chi connectivity index (χ1v) is 8.45. The molecule has 1 aromatic heterocycles. The van der Waals surface area contributed by atoms with Crippen LogP contribution in [0.3, 0.4) is 0 Å². The first-order valence-electron chi connectivity index (χ1n) is 7.65. The molecule has 1 aromatic carbocycles. The predicted molar refractivity (Wildman–Crippen MR) is 91.3 cm³/mol. The van der Waals surface area contributed by atoms with Crippen molar-refractivity contribution in [1.29, 1.82) is 0 Å². The molecule has 0 aliphatic rings. The molecule has 0 radical (unpaired) electrons. The Morgan fingerprint density at radius 2 is 1.96 bits per heavy atom. The maximum absolute atomic E-state index is 14.0. The van der Waals surface area contributed by atoms with Crippen molar-refractivity contribution in [3.63, 3.8) is 0 Å². The molecule has 2 rings (SSSR count). The van der Waals surface area contributed by atoms with E-state index >= 15 is 0 Å². The number of aromatic nitrogens is 1. The molecule has 27 heavy (non-hydrogen) atoms. The molecular weight excluding hydrogens is 439 g/mol. The van der Waals surface area contributed by atoms with Gasteiger partial charge in [0.15, 0.2) is 11.6 Å². The quantitative estimate of drug-likeness (QED) is 0.641. The number of carbonyl (C=O) groups is 1. The van der Waals surface area contributed by atoms with E-state index in [9.17, 15) is 26.7 Å². The van der Waals surface area contributed by atoms with Gasteiger partial charge in [0, 0.05) is 22.4 Å². The number of nitrogens with zero attached hydrogens (tertiary/aromatic N) is 1. The van der Waals surface area contributed by atoms with Crippen LogP contribution in [0.5, 0.6) is 0 Å². The lowest BCUT2D eigenvalue weighted by molar-refractivity contribution is -0.206. The zero-order chi connectivity index (χ0) is 20.4. The predicted octanol–water partition coefficient (Wildman–Crippen LogP) is 4.79. The number of alkyl halides is 3. The molecule has 1 heterocycles. The van der Waals surface area contributed by atoms with E-state index in [1.54, 1.807) is 6.07 Å². The minimum atomic E-state index is -4.87. The highest BCUT2D eigenvalue weighted by molar-refractivity contribution is 9.10. The van der Waals surface area contributed by atoms with E-state index in [0.29, 0.717) is 10.5 Å². The molecule has 10 heteroatoms. The Morgan fingerprint density at radius 3 is 2.52 bits per heavy atom. The van der Waals surface area contributed by atoms with Crippen molar-refractivity contribution in [2.45, 2.75) is 31.5 Å². The van der Waals surface area contributed by atoms with E-state index in [-0.39, 0.29) is 11.4 Å². The number of carbonyl (C=O) groups excluding carboxylic acids is 1. The van der Waals surface area contributed by atoms with Gasteiger partial charge in [-0.15, -0.1) is 0 Å². The number of rotatable bonds is 5. The average Bonchev–Trinajstić information content (AvgIpc) is 2.57. The van der Waals surface area contributed by atoms with E-state index in [1.165, 1.54) is 19.2 Å². The second kappa shape index (κ2) is 8.30. The van der Waals surface area contributed by atoms with E-state index in [0.717, 1.165) is 6.07 Å². The average molecular weight is 453 g/mol. The van der Waals surface area contributed by atoms with Gasteiger partial charge in [0.1, 0.15) is 11.8 Å². The molecule has 0 saturated carbocycles. The Balaban J connectivity index is 2.24. The van der Waals surface area contributed by atoms with Gasteiger partial charge in [0.25, 0.3) is 5.91 Å². The topological polar surface area (TPSA) is 62.2 Å². The molecule has 0 aliphatic heterocycles. The third kappa shape index (κ3) is 5.46. The summed E-state index contributed by atoms with van der Waals surface area (Å²) in [6.07, 6.45) is -7.04. The summed E-state index contributed by atoms with van der Waals surface area (Å²) in [5, 5.41) is 11.5. The lowest BCUT2D eigenvalue weighted by Crippen LogP contribution is -2.30. The summed E-state index contributed by atoms with van der Waals surface area (Å²) < 4.78 is 66.0. The lowest BCUT2D eigenvalue weighted by Gasteiger charge is -2.20. The van der Waals surface area contributed by atoms with Crippen molar-refractivity contribution in [2.75, 3.05) is 5.32 Å². The van der Waals surface area contributed by atoms with Crippen LogP contribution in [0.15, 0.2) is 34.9 Å². The fraction of sp³-hybridized carbons (Fsp3) is 0.294. The molecule has 0 bridgehead atoms. The van der Waals surface area contributed by atoms with E-state index < -0.39 is 47.7 Å². The van der Waals surface area contributed by atoms with Crippen LogP contribution in [0.1, 0.15) is 35.3 Å². The highest BCUT2D eigenvalue weighted by Gasteiger charge is 2.39. The van der Waals surface area contributed by atoms with Crippen LogP contribution in [0.4, 0.5) is 27.6 Å². The molecule has 0 spiro atoms. The van der Waals surface area contributed by atoms with Gasteiger partial charge in [-0.2, -0.15) is 13.2 Å². The van der Waals surface area contributed by atoms with Crippen molar-refractivity contribution >= 4 is 27.5 Å². The number of nitrogens with one attached hydrogen (secondary N) is 1. The third-order valence-corrected chi connectivity index (χ3v) is 4.23. The van der Waals surface area contributed by atoms with Gasteiger partial charge in [0.2, 0.25) is 0 Å². The van der Waals surface area contributed by atoms with Gasteiger partial charge < -0.3 is 10.4 Å². The van der Waals surface area contributed by atoms with Gasteiger partial charge in [-0.3, -0.25) is 4.79 Å². The van der Waals surface area contributed by atoms with E-state index in [2.05, 4.69) is 26.2 Å². The molecule has 0 fully saturated rings. The zero-order valence-electron chi connectivity index (χ0n) is 13.8. The number of hydrogen-bond donors (Lipinski definition) is 2. The number of amides is 1. The first kappa shape index (κ1) is 21.2. The lowest BCUT2D eigenvalue weighted by atomic mass is 9.93. The van der Waals surface area contributed by atoms with E-state index in [4.69, 9.17) is 5.11 Å². The Bertz CT molecular complexity index is 827. The molecule has 146 valence electrons. The number of pyridine rings is 1. The standard InChI is InChI=1S/C17H14BrF5N2O2/c1-8(4-14(26)17(21,22)23)11-5-10(6-12(19)15(11)20)25-16(27)13-3-2-9(18)7-24-13/h2-3,5-8,14,26H,4H2,1H3,(H,25,27)/t8-,14-/m1/s1. The summed E-state index contributed by atoms with van der Waals surface area (Å²) in [5.74, 6) is -4.53. The number of anilines is 1. The molecule has 2 aromatic rings. The van der Waals surface area contributed by atoms with Crippen LogP contribution < -0.4 is 5.32 Å². The van der Waals surface area contributed by atoms with E-state index in [1.807, 2.05) is 0 Å². The minimum absolute atomic E-state index is 0.00465. The second-order valence-electron chi connectivity index (χ2n) is 5.87. The molecule has 2 atom stereocenters. The van der Waals surface area contributed by atoms with Gasteiger partial charge in [-0.25, -0.2) is 13.8 Å². The number of aliphatic hydroxyl groups is 1. The zero-order valence-corrected chi connectivity index (χ0v) is 15.4. The van der Waals surface area contributed by atoms with Gasteiger partial charge in [0.05, 0.1) is 0 Å². The van der Waals surface area contributed by atoms with Crippen molar-refractivity contribution in [2.24, 2.45) is 0 Å². The molecule has 4 nitrogen and oxygen atoms in total. The Labute approximate surface area is 159 Å². The highest BCUT2D eigenvalue weighted by Crippen LogP contribution is 2.32. The third-order valence-electron chi connectivity index (χ3n) is 3.76. The summed E-state index contributed by atoms with van der Waals surface area (Å²) >= 11 is 3.15. The fourth-order valence-corrected chi connectivity index (χ4v) is 2.58. The minimum Gasteiger partial charge on any atom is -0.384 e. The Kier molecular flexibility index (Phi) is 6.53. The normalized spacial score (nSPS) is 13.9. The van der Waals surface area contributed by atoms with Crippen molar-refractivity contribution in [3.8, 4) is 0 Å². The van der Waals surface area contributed by atoms with Crippen LogP contribution in [-0.4, -0.2) is 28.3 Å². The molecule has 2 N–H and O–H groups in total. The number of halogens is 6. The van der Waals surface area contributed by atoms with Crippen molar-refractivity contribution in [1.82, 2.24) is 4.98 Å². The van der Waals surface area contributed by atoms with Crippen LogP contribution >= 0.6 is 15.9 Å². The van der Waals surface area contributed by atoms with Gasteiger partial charge in [-0.1, -0.05) is 6.92 Å². The van der Waals surface area contributed by atoms with Crippen LogP contribution in [-0.2, 0) is 0 Å². The molecule has 0 saturated heterocycles. The van der Waals surface area contributed by atoms with Gasteiger partial charge in [-0.05, 0) is 52.0 Å². The summed E-state index contributed by atoms with van der Waals surface area (Å²) in [6, 6.07) is 4.69. The smallest absolute Gasteiger partial charge is 0.384 e. The summed E-state index contributed by atoms with van der Waals surface area (Å²) in [6.45, 7) is 1.22. The van der Waals surface area contributed by atoms with Crippen molar-refractivity contribution < 1.29 is 31.9 Å². The monoisotopic (exact) mass is 452 g/mol. The number of aliphatic hydroxyl groups excluding tert-OH is 1. The molecule has 1 amide bonds. The second-order valence-corrected chi connectivity index (χ2v) is 6.79. The fourth-order valence-electron chi connectivity index (χ4n) is 2.34. The maximum atomic E-state index is 14.0. The SMILES string of the molecule is C[C@H](C[C@@H](O)C(F)(F)F)c1cc(NC(=O)c2ccc(Br)cn2)cc(F)c1F. The number of benzene rings is 1. The Morgan fingerprint density at radius 1 is 1.30 bits per heavy atom. The summed E-state index contributed by atoms with van der Waals surface area (Å²) in [7, 11) is 0. The first-order chi connectivity index (χ1) is 12.5. The van der Waals surface area contributed by atoms with Crippen LogP contribution in [0.25, 0.3) is 0 Å². The van der Waals surface area contributed by atoms with Crippen molar-refractivity contribution in [3.05, 3.63) is 57.8 Å². The number of hydrogen-bond acceptors (Lipinski definition) is 3. The summed E-state index contributed by atoms with van der Waals surface area (Å²) in [4.78, 5) is 16.0. The van der Waals surface area contributed by atoms with Gasteiger partial charge >= 0.3 is 6.18 Å². The largest absolute Gasteiger partial charge is 0.414 e. The Hall–Kier alpha value is -2.07.